The SMILES string of the molecule is NCC(CC(N)=O)C1CCCOC1. The van der Waals surface area contributed by atoms with Gasteiger partial charge in [0.05, 0.1) is 0 Å². The maximum absolute atomic E-state index is 10.7. The van der Waals surface area contributed by atoms with Crippen LogP contribution in [0.25, 0.3) is 0 Å². The second kappa shape index (κ2) is 5.19. The highest BCUT2D eigenvalue weighted by atomic mass is 16.5. The minimum absolute atomic E-state index is 0.206. The van der Waals surface area contributed by atoms with Crippen LogP contribution in [0, 0.1) is 11.8 Å². The van der Waals surface area contributed by atoms with Gasteiger partial charge in [-0.05, 0) is 31.2 Å². The number of carbonyl (C=O) groups is 1. The van der Waals surface area contributed by atoms with Gasteiger partial charge in [0.25, 0.3) is 0 Å². The molecular weight excluding hydrogens is 168 g/mol. The van der Waals surface area contributed by atoms with Crippen LogP contribution in [-0.2, 0) is 9.53 Å². The molecule has 13 heavy (non-hydrogen) atoms. The van der Waals surface area contributed by atoms with Crippen molar-refractivity contribution in [2.45, 2.75) is 19.3 Å². The lowest BCUT2D eigenvalue weighted by atomic mass is 9.85. The monoisotopic (exact) mass is 186 g/mol. The van der Waals surface area contributed by atoms with Gasteiger partial charge in [-0.1, -0.05) is 0 Å². The third kappa shape index (κ3) is 3.32. The number of rotatable bonds is 4. The molecule has 1 aliphatic heterocycles. The first-order chi connectivity index (χ1) is 6.24. The second-order valence-corrected chi connectivity index (χ2v) is 3.64. The van der Waals surface area contributed by atoms with Crippen LogP contribution in [0.2, 0.25) is 0 Å². The molecular formula is C9H18N2O2. The highest BCUT2D eigenvalue weighted by molar-refractivity contribution is 5.74. The molecule has 76 valence electrons. The van der Waals surface area contributed by atoms with Gasteiger partial charge in [-0.3, -0.25) is 4.79 Å². The van der Waals surface area contributed by atoms with Crippen molar-refractivity contribution in [2.24, 2.45) is 23.3 Å². The van der Waals surface area contributed by atoms with Crippen molar-refractivity contribution in [3.05, 3.63) is 0 Å². The predicted molar refractivity (Wildman–Crippen MR) is 49.9 cm³/mol. The summed E-state index contributed by atoms with van der Waals surface area (Å²) in [6, 6.07) is 0. The molecule has 0 aromatic heterocycles. The van der Waals surface area contributed by atoms with Gasteiger partial charge in [0.1, 0.15) is 0 Å². The van der Waals surface area contributed by atoms with E-state index in [9.17, 15) is 4.79 Å². The van der Waals surface area contributed by atoms with E-state index in [0.717, 1.165) is 26.1 Å². The zero-order chi connectivity index (χ0) is 9.68. The van der Waals surface area contributed by atoms with Gasteiger partial charge in [0, 0.05) is 19.6 Å². The molecule has 1 amide bonds. The second-order valence-electron chi connectivity index (χ2n) is 3.64. The van der Waals surface area contributed by atoms with Crippen LogP contribution in [0.5, 0.6) is 0 Å². The maximum atomic E-state index is 10.7. The van der Waals surface area contributed by atoms with Crippen LogP contribution < -0.4 is 11.5 Å². The Bertz CT molecular complexity index is 167. The van der Waals surface area contributed by atoms with Crippen LogP contribution >= 0.6 is 0 Å². The lowest BCUT2D eigenvalue weighted by Crippen LogP contribution is -2.33. The summed E-state index contributed by atoms with van der Waals surface area (Å²) in [5.74, 6) is 0.366. The van der Waals surface area contributed by atoms with Gasteiger partial charge in [0.2, 0.25) is 5.91 Å². The van der Waals surface area contributed by atoms with Gasteiger partial charge in [-0.2, -0.15) is 0 Å². The van der Waals surface area contributed by atoms with E-state index in [2.05, 4.69) is 0 Å². The molecule has 0 aromatic carbocycles. The molecule has 0 spiro atoms. The third-order valence-electron chi connectivity index (χ3n) is 2.63. The number of hydrogen-bond acceptors (Lipinski definition) is 3. The largest absolute Gasteiger partial charge is 0.381 e. The lowest BCUT2D eigenvalue weighted by Gasteiger charge is -2.28. The van der Waals surface area contributed by atoms with Crippen molar-refractivity contribution >= 4 is 5.91 Å². The molecule has 4 N–H and O–H groups in total. The number of hydrogen-bond donors (Lipinski definition) is 2. The highest BCUT2D eigenvalue weighted by Crippen LogP contribution is 2.23. The Morgan fingerprint density at radius 2 is 2.38 bits per heavy atom. The van der Waals surface area contributed by atoms with Gasteiger partial charge in [0.15, 0.2) is 0 Å². The summed E-state index contributed by atoms with van der Waals surface area (Å²) in [6.07, 6.45) is 2.57. The van der Waals surface area contributed by atoms with E-state index in [1.807, 2.05) is 0 Å². The Labute approximate surface area is 78.6 Å². The summed E-state index contributed by atoms with van der Waals surface area (Å²) >= 11 is 0. The summed E-state index contributed by atoms with van der Waals surface area (Å²) in [6.45, 7) is 2.09. The first kappa shape index (κ1) is 10.5. The molecule has 0 aliphatic carbocycles. The molecule has 4 heteroatoms. The highest BCUT2D eigenvalue weighted by Gasteiger charge is 2.24. The summed E-state index contributed by atoms with van der Waals surface area (Å²) in [5, 5.41) is 0. The minimum Gasteiger partial charge on any atom is -0.381 e. The van der Waals surface area contributed by atoms with Gasteiger partial charge < -0.3 is 16.2 Å². The molecule has 1 rings (SSSR count). The molecule has 1 saturated heterocycles. The Morgan fingerprint density at radius 1 is 1.62 bits per heavy atom. The normalized spacial score (nSPS) is 25.5. The van der Waals surface area contributed by atoms with Crippen molar-refractivity contribution in [3.8, 4) is 0 Å². The zero-order valence-electron chi connectivity index (χ0n) is 7.87. The van der Waals surface area contributed by atoms with E-state index in [1.54, 1.807) is 0 Å². The molecule has 0 aromatic rings. The maximum Gasteiger partial charge on any atom is 0.217 e. The summed E-state index contributed by atoms with van der Waals surface area (Å²) < 4.78 is 5.34. The quantitative estimate of drug-likeness (QED) is 0.641. The van der Waals surface area contributed by atoms with Gasteiger partial charge in [-0.15, -0.1) is 0 Å². The zero-order valence-corrected chi connectivity index (χ0v) is 7.87. The van der Waals surface area contributed by atoms with Crippen molar-refractivity contribution in [1.82, 2.24) is 0 Å². The molecule has 0 saturated carbocycles. The first-order valence-corrected chi connectivity index (χ1v) is 4.80. The summed E-state index contributed by atoms with van der Waals surface area (Å²) in [7, 11) is 0. The number of nitrogens with two attached hydrogens (primary N) is 2. The Kier molecular flexibility index (Phi) is 4.18. The van der Waals surface area contributed by atoms with Crippen LogP contribution in [0.3, 0.4) is 0 Å². The number of carbonyl (C=O) groups excluding carboxylic acids is 1. The van der Waals surface area contributed by atoms with E-state index in [1.165, 1.54) is 0 Å². The average Bonchev–Trinajstić information content (AvgIpc) is 2.15. The fourth-order valence-corrected chi connectivity index (χ4v) is 1.84. The van der Waals surface area contributed by atoms with Crippen molar-refractivity contribution in [2.75, 3.05) is 19.8 Å². The molecule has 1 aliphatic rings. The van der Waals surface area contributed by atoms with E-state index >= 15 is 0 Å². The Hall–Kier alpha value is -0.610. The van der Waals surface area contributed by atoms with E-state index < -0.39 is 0 Å². The lowest BCUT2D eigenvalue weighted by molar-refractivity contribution is -0.119. The van der Waals surface area contributed by atoms with Crippen LogP contribution in [-0.4, -0.2) is 25.7 Å². The van der Waals surface area contributed by atoms with E-state index in [-0.39, 0.29) is 11.8 Å². The van der Waals surface area contributed by atoms with E-state index in [0.29, 0.717) is 18.9 Å². The van der Waals surface area contributed by atoms with Crippen molar-refractivity contribution < 1.29 is 9.53 Å². The molecule has 0 bridgehead atoms. The van der Waals surface area contributed by atoms with Crippen LogP contribution in [0.15, 0.2) is 0 Å². The standard InChI is InChI=1S/C9H18N2O2/c10-5-8(4-9(11)12)7-2-1-3-13-6-7/h7-8H,1-6,10H2,(H2,11,12). The topological polar surface area (TPSA) is 78.3 Å². The third-order valence-corrected chi connectivity index (χ3v) is 2.63. The molecule has 2 atom stereocenters. The summed E-state index contributed by atoms with van der Waals surface area (Å²) in [5.41, 5.74) is 10.7. The first-order valence-electron chi connectivity index (χ1n) is 4.80. The fraction of sp³-hybridized carbons (Fsp3) is 0.889. The van der Waals surface area contributed by atoms with Crippen LogP contribution in [0.4, 0.5) is 0 Å². The van der Waals surface area contributed by atoms with E-state index in [4.69, 9.17) is 16.2 Å². The minimum atomic E-state index is -0.263. The summed E-state index contributed by atoms with van der Waals surface area (Å²) in [4.78, 5) is 10.7. The number of primary amides is 1. The average molecular weight is 186 g/mol. The van der Waals surface area contributed by atoms with Crippen molar-refractivity contribution in [3.63, 3.8) is 0 Å². The predicted octanol–water partition coefficient (Wildman–Crippen LogP) is -0.137. The van der Waals surface area contributed by atoms with Gasteiger partial charge >= 0.3 is 0 Å². The van der Waals surface area contributed by atoms with Gasteiger partial charge in [-0.25, -0.2) is 0 Å². The molecule has 2 unspecified atom stereocenters. The van der Waals surface area contributed by atoms with Crippen molar-refractivity contribution in [1.29, 1.82) is 0 Å². The van der Waals surface area contributed by atoms with Crippen LogP contribution in [0.1, 0.15) is 19.3 Å². The number of ether oxygens (including phenoxy) is 1. The number of amides is 1. The molecule has 1 heterocycles. The molecule has 4 nitrogen and oxygen atoms in total. The molecule has 1 fully saturated rings. The fourth-order valence-electron chi connectivity index (χ4n) is 1.84. The molecule has 0 radical (unpaired) electrons. The Morgan fingerprint density at radius 3 is 2.85 bits per heavy atom. The smallest absolute Gasteiger partial charge is 0.217 e. The Balaban J connectivity index is 2.39.